The lowest BCUT2D eigenvalue weighted by molar-refractivity contribution is -0.111. The first-order valence-corrected chi connectivity index (χ1v) is 5.93. The van der Waals surface area contributed by atoms with Gasteiger partial charge in [-0.2, -0.15) is 0 Å². The minimum Gasteiger partial charge on any atom is -0.356 e. The SMILES string of the molecule is CCOCOC1CC2CC1C(C)C2C. The van der Waals surface area contributed by atoms with Crippen LogP contribution in [0.5, 0.6) is 0 Å². The van der Waals surface area contributed by atoms with E-state index in [1.54, 1.807) is 0 Å². The molecule has 82 valence electrons. The zero-order valence-electron chi connectivity index (χ0n) is 9.53. The number of hydrogen-bond donors (Lipinski definition) is 0. The van der Waals surface area contributed by atoms with Crippen molar-refractivity contribution in [3.8, 4) is 0 Å². The Morgan fingerprint density at radius 1 is 1.14 bits per heavy atom. The first-order chi connectivity index (χ1) is 6.74. The Balaban J connectivity index is 1.81. The molecule has 0 aliphatic heterocycles. The van der Waals surface area contributed by atoms with Gasteiger partial charge in [0.15, 0.2) is 0 Å². The fraction of sp³-hybridized carbons (Fsp3) is 1.00. The number of fused-ring (bicyclic) bond motifs is 2. The lowest BCUT2D eigenvalue weighted by Crippen LogP contribution is -2.30. The molecule has 0 saturated heterocycles. The molecule has 2 aliphatic rings. The second-order valence-electron chi connectivity index (χ2n) is 4.93. The summed E-state index contributed by atoms with van der Waals surface area (Å²) in [4.78, 5) is 0. The maximum Gasteiger partial charge on any atom is 0.147 e. The molecule has 2 rings (SSSR count). The van der Waals surface area contributed by atoms with Crippen LogP contribution in [0.2, 0.25) is 0 Å². The number of ether oxygens (including phenoxy) is 2. The third-order valence-corrected chi connectivity index (χ3v) is 4.41. The van der Waals surface area contributed by atoms with Crippen molar-refractivity contribution in [2.75, 3.05) is 13.4 Å². The molecule has 0 amide bonds. The van der Waals surface area contributed by atoms with E-state index >= 15 is 0 Å². The highest BCUT2D eigenvalue weighted by molar-refractivity contribution is 4.98. The molecule has 5 unspecified atom stereocenters. The van der Waals surface area contributed by atoms with E-state index in [0.717, 1.165) is 30.3 Å². The molecular formula is C12H22O2. The molecule has 0 heterocycles. The van der Waals surface area contributed by atoms with E-state index in [-0.39, 0.29) is 0 Å². The average molecular weight is 198 g/mol. The number of hydrogen-bond acceptors (Lipinski definition) is 2. The fourth-order valence-electron chi connectivity index (χ4n) is 3.28. The molecule has 2 saturated carbocycles. The van der Waals surface area contributed by atoms with Crippen molar-refractivity contribution in [2.45, 2.75) is 39.7 Å². The molecule has 2 nitrogen and oxygen atoms in total. The second kappa shape index (κ2) is 4.19. The highest BCUT2D eigenvalue weighted by Gasteiger charge is 2.49. The van der Waals surface area contributed by atoms with Crippen LogP contribution in [0.15, 0.2) is 0 Å². The van der Waals surface area contributed by atoms with Crippen molar-refractivity contribution >= 4 is 0 Å². The molecule has 0 aromatic rings. The zero-order valence-corrected chi connectivity index (χ0v) is 9.53. The summed E-state index contributed by atoms with van der Waals surface area (Å²) in [7, 11) is 0. The summed E-state index contributed by atoms with van der Waals surface area (Å²) >= 11 is 0. The predicted molar refractivity (Wildman–Crippen MR) is 55.9 cm³/mol. The third-order valence-electron chi connectivity index (χ3n) is 4.41. The maximum absolute atomic E-state index is 5.77. The Kier molecular flexibility index (Phi) is 3.13. The van der Waals surface area contributed by atoms with Gasteiger partial charge in [-0.05, 0) is 43.4 Å². The highest BCUT2D eigenvalue weighted by atomic mass is 16.7. The molecule has 2 heteroatoms. The molecule has 2 fully saturated rings. The summed E-state index contributed by atoms with van der Waals surface area (Å²) in [6.45, 7) is 8.03. The van der Waals surface area contributed by atoms with E-state index in [2.05, 4.69) is 13.8 Å². The van der Waals surface area contributed by atoms with Crippen molar-refractivity contribution < 1.29 is 9.47 Å². The van der Waals surface area contributed by atoms with Gasteiger partial charge in [-0.15, -0.1) is 0 Å². The maximum atomic E-state index is 5.77. The molecule has 2 bridgehead atoms. The van der Waals surface area contributed by atoms with Crippen molar-refractivity contribution in [1.82, 2.24) is 0 Å². The Bertz CT molecular complexity index is 191. The lowest BCUT2D eigenvalue weighted by Gasteiger charge is -2.31. The van der Waals surface area contributed by atoms with Crippen molar-refractivity contribution in [3.63, 3.8) is 0 Å². The molecule has 0 radical (unpaired) electrons. The molecule has 0 aromatic carbocycles. The minimum atomic E-state index is 0.484. The Labute approximate surface area is 87.0 Å². The molecule has 0 N–H and O–H groups in total. The summed E-state index contributed by atoms with van der Waals surface area (Å²) in [6.07, 6.45) is 3.14. The predicted octanol–water partition coefficient (Wildman–Crippen LogP) is 2.68. The van der Waals surface area contributed by atoms with E-state index in [1.807, 2.05) is 6.92 Å². The summed E-state index contributed by atoms with van der Waals surface area (Å²) in [6, 6.07) is 0. The second-order valence-corrected chi connectivity index (χ2v) is 4.93. The molecule has 2 aliphatic carbocycles. The summed E-state index contributed by atoms with van der Waals surface area (Å²) in [5.74, 6) is 3.48. The van der Waals surface area contributed by atoms with Crippen LogP contribution in [0, 0.1) is 23.7 Å². The standard InChI is InChI=1S/C12H22O2/c1-4-13-7-14-12-6-10-5-11(12)9(3)8(10)2/h8-12H,4-7H2,1-3H3. The van der Waals surface area contributed by atoms with Crippen LogP contribution in [0.25, 0.3) is 0 Å². The molecular weight excluding hydrogens is 176 g/mol. The largest absolute Gasteiger partial charge is 0.356 e. The van der Waals surface area contributed by atoms with Crippen LogP contribution in [-0.2, 0) is 9.47 Å². The number of rotatable bonds is 4. The summed E-state index contributed by atoms with van der Waals surface area (Å²) in [5.41, 5.74) is 0. The van der Waals surface area contributed by atoms with Gasteiger partial charge in [-0.3, -0.25) is 0 Å². The van der Waals surface area contributed by atoms with Gasteiger partial charge in [0.2, 0.25) is 0 Å². The van der Waals surface area contributed by atoms with Crippen LogP contribution in [0.3, 0.4) is 0 Å². The smallest absolute Gasteiger partial charge is 0.147 e. The van der Waals surface area contributed by atoms with E-state index in [0.29, 0.717) is 12.9 Å². The topological polar surface area (TPSA) is 18.5 Å². The quantitative estimate of drug-likeness (QED) is 0.511. The molecule has 0 aromatic heterocycles. The van der Waals surface area contributed by atoms with E-state index in [1.165, 1.54) is 12.8 Å². The van der Waals surface area contributed by atoms with E-state index < -0.39 is 0 Å². The van der Waals surface area contributed by atoms with E-state index in [4.69, 9.17) is 9.47 Å². The van der Waals surface area contributed by atoms with E-state index in [9.17, 15) is 0 Å². The van der Waals surface area contributed by atoms with Gasteiger partial charge in [0.25, 0.3) is 0 Å². The van der Waals surface area contributed by atoms with Crippen LogP contribution >= 0.6 is 0 Å². The minimum absolute atomic E-state index is 0.484. The fourth-order valence-corrected chi connectivity index (χ4v) is 3.28. The first-order valence-electron chi connectivity index (χ1n) is 5.93. The van der Waals surface area contributed by atoms with Crippen LogP contribution in [0.4, 0.5) is 0 Å². The molecule has 5 atom stereocenters. The third kappa shape index (κ3) is 1.70. The Hall–Kier alpha value is -0.0800. The van der Waals surface area contributed by atoms with Gasteiger partial charge in [-0.25, -0.2) is 0 Å². The van der Waals surface area contributed by atoms with Gasteiger partial charge in [0, 0.05) is 6.61 Å². The first kappa shape index (κ1) is 10.4. The van der Waals surface area contributed by atoms with Gasteiger partial charge < -0.3 is 9.47 Å². The van der Waals surface area contributed by atoms with Crippen LogP contribution in [-0.4, -0.2) is 19.5 Å². The summed E-state index contributed by atoms with van der Waals surface area (Å²) in [5, 5.41) is 0. The Morgan fingerprint density at radius 2 is 1.93 bits per heavy atom. The molecule has 14 heavy (non-hydrogen) atoms. The Morgan fingerprint density at radius 3 is 2.50 bits per heavy atom. The van der Waals surface area contributed by atoms with Crippen LogP contribution < -0.4 is 0 Å². The normalized spacial score (nSPS) is 46.1. The highest BCUT2D eigenvalue weighted by Crippen LogP contribution is 2.52. The summed E-state index contributed by atoms with van der Waals surface area (Å²) < 4.78 is 11.0. The molecule has 0 spiro atoms. The lowest BCUT2D eigenvalue weighted by atomic mass is 9.80. The zero-order chi connectivity index (χ0) is 10.1. The average Bonchev–Trinajstić information content (AvgIpc) is 2.69. The van der Waals surface area contributed by atoms with Crippen molar-refractivity contribution in [3.05, 3.63) is 0 Å². The van der Waals surface area contributed by atoms with Gasteiger partial charge in [0.05, 0.1) is 6.10 Å². The van der Waals surface area contributed by atoms with Gasteiger partial charge >= 0.3 is 0 Å². The monoisotopic (exact) mass is 198 g/mol. The van der Waals surface area contributed by atoms with Crippen LogP contribution in [0.1, 0.15) is 33.6 Å². The van der Waals surface area contributed by atoms with Crippen molar-refractivity contribution in [2.24, 2.45) is 23.7 Å². The van der Waals surface area contributed by atoms with Gasteiger partial charge in [0.1, 0.15) is 6.79 Å². The van der Waals surface area contributed by atoms with Crippen molar-refractivity contribution in [1.29, 1.82) is 0 Å². The van der Waals surface area contributed by atoms with Gasteiger partial charge in [-0.1, -0.05) is 13.8 Å².